The minimum Gasteiger partial charge on any atom is -0.478 e. The number of rotatable bonds is 6. The van der Waals surface area contributed by atoms with Crippen LogP contribution < -0.4 is 15.8 Å². The van der Waals surface area contributed by atoms with E-state index in [1.54, 1.807) is 6.07 Å². The highest BCUT2D eigenvalue weighted by atomic mass is 16.5. The third-order valence-corrected chi connectivity index (χ3v) is 4.54. The molecular formula is C21H20N8O. The van der Waals surface area contributed by atoms with E-state index in [4.69, 9.17) is 15.5 Å². The molecule has 1 atom stereocenters. The maximum atomic E-state index is 9.42. The normalized spacial score (nSPS) is 11.8. The number of hydrogen-bond acceptors (Lipinski definition) is 8. The lowest BCUT2D eigenvalue weighted by atomic mass is 10.2. The minimum absolute atomic E-state index is 0.127. The predicted octanol–water partition coefficient (Wildman–Crippen LogP) is 3.24. The molecule has 0 saturated heterocycles. The molecule has 30 heavy (non-hydrogen) atoms. The fourth-order valence-corrected chi connectivity index (χ4v) is 3.20. The number of nitrogen functional groups attached to an aromatic ring is 1. The Kier molecular flexibility index (Phi) is 5.13. The Bertz CT molecular complexity index is 1230. The molecule has 3 aromatic heterocycles. The van der Waals surface area contributed by atoms with Crippen LogP contribution in [-0.2, 0) is 0 Å². The van der Waals surface area contributed by atoms with E-state index >= 15 is 0 Å². The van der Waals surface area contributed by atoms with Gasteiger partial charge in [0.25, 0.3) is 0 Å². The highest BCUT2D eigenvalue weighted by Gasteiger charge is 2.21. The first-order valence-corrected chi connectivity index (χ1v) is 9.47. The standard InChI is InChI=1S/C21H20N8O/c1-3-30-17-10-9-16-21(28-17)29(14-7-5-4-6-8-14)20(27-16)13(2)26-19-15(11-22)18(23)24-12-25-19/h4-10,12-13H,3H2,1-2H3,(H3,23,24,25,26)/t13-/m0/s1. The zero-order valence-corrected chi connectivity index (χ0v) is 16.6. The van der Waals surface area contributed by atoms with Crippen LogP contribution in [0.15, 0.2) is 48.8 Å². The van der Waals surface area contributed by atoms with Gasteiger partial charge in [0.2, 0.25) is 5.88 Å². The summed E-state index contributed by atoms with van der Waals surface area (Å²) in [7, 11) is 0. The largest absolute Gasteiger partial charge is 0.478 e. The zero-order chi connectivity index (χ0) is 21.1. The molecule has 1 aromatic carbocycles. The van der Waals surface area contributed by atoms with Crippen LogP contribution in [0.3, 0.4) is 0 Å². The number of nitrogens with zero attached hydrogens (tertiary/aromatic N) is 6. The number of fused-ring (bicyclic) bond motifs is 1. The maximum Gasteiger partial charge on any atom is 0.215 e. The summed E-state index contributed by atoms with van der Waals surface area (Å²) in [6.45, 7) is 4.37. The third-order valence-electron chi connectivity index (χ3n) is 4.54. The number of nitrogens with two attached hydrogens (primary N) is 1. The van der Waals surface area contributed by atoms with Crippen molar-refractivity contribution in [1.29, 1.82) is 5.26 Å². The van der Waals surface area contributed by atoms with Crippen molar-refractivity contribution in [2.45, 2.75) is 19.9 Å². The first-order chi connectivity index (χ1) is 14.6. The molecule has 0 saturated carbocycles. The lowest BCUT2D eigenvalue weighted by Crippen LogP contribution is -2.15. The molecule has 150 valence electrons. The summed E-state index contributed by atoms with van der Waals surface area (Å²) in [6, 6.07) is 15.2. The molecule has 0 radical (unpaired) electrons. The van der Waals surface area contributed by atoms with Crippen LogP contribution in [0, 0.1) is 11.3 Å². The van der Waals surface area contributed by atoms with Crippen LogP contribution >= 0.6 is 0 Å². The average molecular weight is 400 g/mol. The molecule has 4 rings (SSSR count). The monoisotopic (exact) mass is 400 g/mol. The van der Waals surface area contributed by atoms with Crippen molar-refractivity contribution < 1.29 is 4.74 Å². The van der Waals surface area contributed by atoms with E-state index in [0.29, 0.717) is 29.8 Å². The molecule has 3 heterocycles. The van der Waals surface area contributed by atoms with Gasteiger partial charge in [0.15, 0.2) is 5.65 Å². The van der Waals surface area contributed by atoms with E-state index in [0.717, 1.165) is 11.2 Å². The van der Waals surface area contributed by atoms with E-state index in [9.17, 15) is 5.26 Å². The molecule has 9 heteroatoms. The van der Waals surface area contributed by atoms with Gasteiger partial charge in [0, 0.05) is 11.8 Å². The first-order valence-electron chi connectivity index (χ1n) is 9.47. The molecular weight excluding hydrogens is 380 g/mol. The molecule has 0 aliphatic rings. The van der Waals surface area contributed by atoms with Gasteiger partial charge >= 0.3 is 0 Å². The van der Waals surface area contributed by atoms with Gasteiger partial charge in [-0.3, -0.25) is 4.57 Å². The van der Waals surface area contributed by atoms with Crippen LogP contribution in [0.4, 0.5) is 11.6 Å². The summed E-state index contributed by atoms with van der Waals surface area (Å²) in [6.07, 6.45) is 1.32. The maximum absolute atomic E-state index is 9.42. The van der Waals surface area contributed by atoms with Crippen LogP contribution in [0.5, 0.6) is 5.88 Å². The van der Waals surface area contributed by atoms with Gasteiger partial charge < -0.3 is 15.8 Å². The Morgan fingerprint density at radius 2 is 1.97 bits per heavy atom. The van der Waals surface area contributed by atoms with Crippen molar-refractivity contribution >= 4 is 22.8 Å². The fraction of sp³-hybridized carbons (Fsp3) is 0.190. The summed E-state index contributed by atoms with van der Waals surface area (Å²) >= 11 is 0. The van der Waals surface area contributed by atoms with Gasteiger partial charge in [-0.15, -0.1) is 0 Å². The average Bonchev–Trinajstić information content (AvgIpc) is 3.14. The SMILES string of the molecule is CCOc1ccc2nc([C@H](C)Nc3ncnc(N)c3C#N)n(-c3ccccc3)c2n1. The van der Waals surface area contributed by atoms with Crippen molar-refractivity contribution in [3.05, 3.63) is 60.2 Å². The summed E-state index contributed by atoms with van der Waals surface area (Å²) in [5.41, 5.74) is 8.33. The second-order valence-corrected chi connectivity index (χ2v) is 6.53. The third kappa shape index (κ3) is 3.46. The molecule has 0 aliphatic carbocycles. The quantitative estimate of drug-likeness (QED) is 0.505. The molecule has 3 N–H and O–H groups in total. The van der Waals surface area contributed by atoms with Crippen molar-refractivity contribution in [2.75, 3.05) is 17.7 Å². The number of imidazole rings is 1. The number of pyridine rings is 1. The van der Waals surface area contributed by atoms with E-state index < -0.39 is 0 Å². The summed E-state index contributed by atoms with van der Waals surface area (Å²) in [4.78, 5) is 17.5. The number of para-hydroxylation sites is 1. The first kappa shape index (κ1) is 19.1. The van der Waals surface area contributed by atoms with Crippen molar-refractivity contribution in [3.63, 3.8) is 0 Å². The summed E-state index contributed by atoms with van der Waals surface area (Å²) in [5.74, 6) is 1.72. The Balaban J connectivity index is 1.84. The van der Waals surface area contributed by atoms with E-state index in [-0.39, 0.29) is 17.4 Å². The highest BCUT2D eigenvalue weighted by molar-refractivity contribution is 5.75. The summed E-state index contributed by atoms with van der Waals surface area (Å²) in [5, 5.41) is 12.6. The van der Waals surface area contributed by atoms with Gasteiger partial charge in [0.1, 0.15) is 40.9 Å². The van der Waals surface area contributed by atoms with Crippen LogP contribution in [-0.4, -0.2) is 31.1 Å². The second-order valence-electron chi connectivity index (χ2n) is 6.53. The molecule has 4 aromatic rings. The Morgan fingerprint density at radius 1 is 1.17 bits per heavy atom. The number of aromatic nitrogens is 5. The number of nitrogens with one attached hydrogen (secondary N) is 1. The molecule has 0 aliphatic heterocycles. The smallest absolute Gasteiger partial charge is 0.215 e. The lowest BCUT2D eigenvalue weighted by Gasteiger charge is -2.17. The number of ether oxygens (including phenoxy) is 1. The van der Waals surface area contributed by atoms with E-state index in [1.165, 1.54) is 6.33 Å². The van der Waals surface area contributed by atoms with Gasteiger partial charge in [-0.25, -0.2) is 15.0 Å². The number of anilines is 2. The molecule has 0 amide bonds. The van der Waals surface area contributed by atoms with Crippen molar-refractivity contribution in [3.8, 4) is 17.6 Å². The summed E-state index contributed by atoms with van der Waals surface area (Å²) < 4.78 is 7.54. The highest BCUT2D eigenvalue weighted by Crippen LogP contribution is 2.28. The predicted molar refractivity (Wildman–Crippen MR) is 113 cm³/mol. The lowest BCUT2D eigenvalue weighted by molar-refractivity contribution is 0.328. The van der Waals surface area contributed by atoms with Gasteiger partial charge in [-0.2, -0.15) is 10.2 Å². The van der Waals surface area contributed by atoms with E-state index in [1.807, 2.05) is 60.9 Å². The minimum atomic E-state index is -0.309. The second kappa shape index (κ2) is 8.05. The molecule has 0 spiro atoms. The van der Waals surface area contributed by atoms with Gasteiger partial charge in [-0.05, 0) is 32.0 Å². The van der Waals surface area contributed by atoms with Crippen LogP contribution in [0.2, 0.25) is 0 Å². The Hall–Kier alpha value is -4.19. The van der Waals surface area contributed by atoms with Gasteiger partial charge in [-0.1, -0.05) is 18.2 Å². The molecule has 0 fully saturated rings. The number of hydrogen-bond donors (Lipinski definition) is 2. The fourth-order valence-electron chi connectivity index (χ4n) is 3.20. The Labute approximate surface area is 173 Å². The molecule has 9 nitrogen and oxygen atoms in total. The number of nitriles is 1. The Morgan fingerprint density at radius 3 is 2.70 bits per heavy atom. The van der Waals surface area contributed by atoms with Crippen molar-refractivity contribution in [1.82, 2.24) is 24.5 Å². The van der Waals surface area contributed by atoms with Crippen LogP contribution in [0.25, 0.3) is 16.9 Å². The molecule has 0 bridgehead atoms. The zero-order valence-electron chi connectivity index (χ0n) is 16.6. The van der Waals surface area contributed by atoms with E-state index in [2.05, 4.69) is 20.3 Å². The van der Waals surface area contributed by atoms with Crippen molar-refractivity contribution in [2.24, 2.45) is 0 Å². The topological polar surface area (TPSA) is 128 Å². The van der Waals surface area contributed by atoms with Gasteiger partial charge in [0.05, 0.1) is 12.6 Å². The molecule has 0 unspecified atom stereocenters. The van der Waals surface area contributed by atoms with Crippen LogP contribution in [0.1, 0.15) is 31.3 Å². The number of benzene rings is 1.